The van der Waals surface area contributed by atoms with Crippen molar-refractivity contribution in [2.24, 2.45) is 5.92 Å². The smallest absolute Gasteiger partial charge is 0.324 e. The SMILES string of the molecule is CC(C)(C)OC(=O)[C@H]1CC(/C=C/C(=O)N2CCCC(C(=O)O)C2)=CCN1. The van der Waals surface area contributed by atoms with Gasteiger partial charge in [0.1, 0.15) is 11.6 Å². The van der Waals surface area contributed by atoms with Crippen molar-refractivity contribution in [1.29, 1.82) is 0 Å². The third-order valence-corrected chi connectivity index (χ3v) is 4.38. The number of allylic oxidation sites excluding steroid dienone is 1. The van der Waals surface area contributed by atoms with Crippen LogP contribution in [0.4, 0.5) is 0 Å². The normalized spacial score (nSPS) is 24.3. The number of rotatable bonds is 4. The van der Waals surface area contributed by atoms with Gasteiger partial charge in [0.05, 0.1) is 5.92 Å². The third-order valence-electron chi connectivity index (χ3n) is 4.38. The molecule has 2 atom stereocenters. The first-order chi connectivity index (χ1) is 12.2. The Morgan fingerprint density at radius 2 is 2.08 bits per heavy atom. The fourth-order valence-corrected chi connectivity index (χ4v) is 3.06. The number of nitrogens with one attached hydrogen (secondary N) is 1. The molecule has 2 heterocycles. The monoisotopic (exact) mass is 364 g/mol. The molecule has 0 aromatic carbocycles. The molecule has 0 aromatic heterocycles. The molecule has 1 fully saturated rings. The van der Waals surface area contributed by atoms with E-state index in [-0.39, 0.29) is 18.4 Å². The van der Waals surface area contributed by atoms with Crippen LogP contribution in [0.25, 0.3) is 0 Å². The van der Waals surface area contributed by atoms with Crippen molar-refractivity contribution in [2.75, 3.05) is 19.6 Å². The van der Waals surface area contributed by atoms with E-state index in [1.165, 1.54) is 6.08 Å². The van der Waals surface area contributed by atoms with Crippen LogP contribution in [0.15, 0.2) is 23.8 Å². The fraction of sp³-hybridized carbons (Fsp3) is 0.632. The van der Waals surface area contributed by atoms with Crippen LogP contribution in [-0.4, -0.2) is 59.1 Å². The number of carboxylic acids is 1. The minimum Gasteiger partial charge on any atom is -0.481 e. The summed E-state index contributed by atoms with van der Waals surface area (Å²) in [6.45, 7) is 6.83. The van der Waals surface area contributed by atoms with E-state index in [2.05, 4.69) is 5.32 Å². The highest BCUT2D eigenvalue weighted by molar-refractivity contribution is 5.88. The van der Waals surface area contributed by atoms with Crippen molar-refractivity contribution in [2.45, 2.75) is 51.7 Å². The Bertz CT molecular complexity index is 618. The second-order valence-corrected chi connectivity index (χ2v) is 7.77. The summed E-state index contributed by atoms with van der Waals surface area (Å²) in [5.41, 5.74) is 0.348. The van der Waals surface area contributed by atoms with Crippen molar-refractivity contribution in [3.63, 3.8) is 0 Å². The number of carbonyl (C=O) groups is 3. The average molecular weight is 364 g/mol. The van der Waals surface area contributed by atoms with Gasteiger partial charge in [-0.05, 0) is 45.6 Å². The number of carboxylic acid groups (broad SMARTS) is 1. The van der Waals surface area contributed by atoms with Gasteiger partial charge in [-0.15, -0.1) is 0 Å². The van der Waals surface area contributed by atoms with E-state index in [1.54, 1.807) is 11.0 Å². The van der Waals surface area contributed by atoms with Crippen LogP contribution < -0.4 is 5.32 Å². The zero-order chi connectivity index (χ0) is 19.3. The average Bonchev–Trinajstić information content (AvgIpc) is 2.58. The molecule has 2 aliphatic rings. The number of piperidine rings is 1. The van der Waals surface area contributed by atoms with Crippen LogP contribution in [0, 0.1) is 5.92 Å². The highest BCUT2D eigenvalue weighted by atomic mass is 16.6. The first-order valence-electron chi connectivity index (χ1n) is 9.01. The summed E-state index contributed by atoms with van der Waals surface area (Å²) in [6, 6.07) is -0.430. The molecule has 144 valence electrons. The number of aliphatic carboxylic acids is 1. The summed E-state index contributed by atoms with van der Waals surface area (Å²) in [5.74, 6) is -1.84. The van der Waals surface area contributed by atoms with E-state index < -0.39 is 23.5 Å². The number of nitrogens with zero attached hydrogens (tertiary/aromatic N) is 1. The molecule has 26 heavy (non-hydrogen) atoms. The quantitative estimate of drug-likeness (QED) is 0.580. The molecule has 1 amide bonds. The van der Waals surface area contributed by atoms with Crippen molar-refractivity contribution in [3.05, 3.63) is 23.8 Å². The van der Waals surface area contributed by atoms with Gasteiger partial charge in [0.2, 0.25) is 5.91 Å². The van der Waals surface area contributed by atoms with Gasteiger partial charge in [-0.2, -0.15) is 0 Å². The summed E-state index contributed by atoms with van der Waals surface area (Å²) in [7, 11) is 0. The molecule has 1 saturated heterocycles. The number of esters is 1. The molecule has 2 rings (SSSR count). The highest BCUT2D eigenvalue weighted by Crippen LogP contribution is 2.19. The summed E-state index contributed by atoms with van der Waals surface area (Å²) in [6.07, 6.45) is 6.87. The first-order valence-corrected chi connectivity index (χ1v) is 9.01. The molecule has 0 bridgehead atoms. The van der Waals surface area contributed by atoms with Crippen LogP contribution in [-0.2, 0) is 19.1 Å². The summed E-state index contributed by atoms with van der Waals surface area (Å²) in [4.78, 5) is 37.2. The number of ether oxygens (including phenoxy) is 1. The second-order valence-electron chi connectivity index (χ2n) is 7.77. The summed E-state index contributed by atoms with van der Waals surface area (Å²) < 4.78 is 5.40. The topological polar surface area (TPSA) is 95.9 Å². The lowest BCUT2D eigenvalue weighted by molar-refractivity contribution is -0.157. The third kappa shape index (κ3) is 5.98. The lowest BCUT2D eigenvalue weighted by Crippen LogP contribution is -2.43. The van der Waals surface area contributed by atoms with Gasteiger partial charge >= 0.3 is 11.9 Å². The van der Waals surface area contributed by atoms with Gasteiger partial charge in [-0.25, -0.2) is 0 Å². The molecular formula is C19H28N2O5. The minimum atomic E-state index is -0.854. The van der Waals surface area contributed by atoms with E-state index in [4.69, 9.17) is 9.84 Å². The number of amides is 1. The van der Waals surface area contributed by atoms with Gasteiger partial charge < -0.3 is 20.1 Å². The maximum atomic E-state index is 12.3. The maximum Gasteiger partial charge on any atom is 0.324 e. The summed E-state index contributed by atoms with van der Waals surface area (Å²) >= 11 is 0. The number of likely N-dealkylation sites (tertiary alicyclic amines) is 1. The standard InChI is InChI=1S/C19H28N2O5/c1-19(2,3)26-18(25)15-11-13(8-9-20-15)6-7-16(22)21-10-4-5-14(12-21)17(23)24/h6-8,14-15,20H,4-5,9-12H2,1-3H3,(H,23,24)/b7-6+/t14?,15-/m1/s1. The molecule has 1 unspecified atom stereocenters. The van der Waals surface area contributed by atoms with Crippen LogP contribution in [0.1, 0.15) is 40.0 Å². The largest absolute Gasteiger partial charge is 0.481 e. The van der Waals surface area contributed by atoms with Crippen LogP contribution in [0.3, 0.4) is 0 Å². The van der Waals surface area contributed by atoms with Crippen molar-refractivity contribution < 1.29 is 24.2 Å². The second kappa shape index (κ2) is 8.49. The van der Waals surface area contributed by atoms with E-state index in [9.17, 15) is 14.4 Å². The van der Waals surface area contributed by atoms with Crippen LogP contribution >= 0.6 is 0 Å². The Labute approximate surface area is 154 Å². The number of hydrogen-bond donors (Lipinski definition) is 2. The van der Waals surface area contributed by atoms with Gasteiger partial charge in [-0.1, -0.05) is 12.2 Å². The Kier molecular flexibility index (Phi) is 6.58. The van der Waals surface area contributed by atoms with Gasteiger partial charge in [0.15, 0.2) is 0 Å². The minimum absolute atomic E-state index is 0.191. The predicted octanol–water partition coefficient (Wildman–Crippen LogP) is 1.50. The predicted molar refractivity (Wildman–Crippen MR) is 96.4 cm³/mol. The molecule has 2 aliphatic heterocycles. The van der Waals surface area contributed by atoms with E-state index in [0.29, 0.717) is 32.4 Å². The number of hydrogen-bond acceptors (Lipinski definition) is 5. The lowest BCUT2D eigenvalue weighted by Gasteiger charge is -2.30. The van der Waals surface area contributed by atoms with Gasteiger partial charge in [-0.3, -0.25) is 14.4 Å². The molecule has 0 aromatic rings. The maximum absolute atomic E-state index is 12.3. The Hall–Kier alpha value is -2.15. The van der Waals surface area contributed by atoms with Crippen LogP contribution in [0.5, 0.6) is 0 Å². The first kappa shape index (κ1) is 20.2. The lowest BCUT2D eigenvalue weighted by atomic mass is 9.98. The molecule has 0 aliphatic carbocycles. The summed E-state index contributed by atoms with van der Waals surface area (Å²) in [5, 5.41) is 12.2. The molecule has 0 saturated carbocycles. The molecule has 0 radical (unpaired) electrons. The van der Waals surface area contributed by atoms with Crippen molar-refractivity contribution >= 4 is 17.8 Å². The van der Waals surface area contributed by atoms with Gasteiger partial charge in [0.25, 0.3) is 0 Å². The zero-order valence-corrected chi connectivity index (χ0v) is 15.7. The highest BCUT2D eigenvalue weighted by Gasteiger charge is 2.28. The molecule has 7 heteroatoms. The molecule has 2 N–H and O–H groups in total. The molecular weight excluding hydrogens is 336 g/mol. The van der Waals surface area contributed by atoms with Crippen molar-refractivity contribution in [1.82, 2.24) is 10.2 Å². The number of carbonyl (C=O) groups excluding carboxylic acids is 2. The Balaban J connectivity index is 1.91. The molecule has 0 spiro atoms. The zero-order valence-electron chi connectivity index (χ0n) is 15.7. The fourth-order valence-electron chi connectivity index (χ4n) is 3.06. The Morgan fingerprint density at radius 3 is 2.73 bits per heavy atom. The van der Waals surface area contributed by atoms with Crippen molar-refractivity contribution in [3.8, 4) is 0 Å². The van der Waals surface area contributed by atoms with Gasteiger partial charge in [0, 0.05) is 25.7 Å². The molecule has 7 nitrogen and oxygen atoms in total. The van der Waals surface area contributed by atoms with E-state index in [1.807, 2.05) is 26.8 Å². The van der Waals surface area contributed by atoms with E-state index in [0.717, 1.165) is 5.57 Å². The van der Waals surface area contributed by atoms with E-state index >= 15 is 0 Å². The van der Waals surface area contributed by atoms with Crippen LogP contribution in [0.2, 0.25) is 0 Å². The Morgan fingerprint density at radius 1 is 1.35 bits per heavy atom.